The third kappa shape index (κ3) is 4.21. The quantitative estimate of drug-likeness (QED) is 0.860. The van der Waals surface area contributed by atoms with Gasteiger partial charge < -0.3 is 14.8 Å². The van der Waals surface area contributed by atoms with E-state index in [1.54, 1.807) is 0 Å². The zero-order valence-corrected chi connectivity index (χ0v) is 13.3. The van der Waals surface area contributed by atoms with Gasteiger partial charge in [0.15, 0.2) is 0 Å². The minimum Gasteiger partial charge on any atom is -0.493 e. The molecule has 0 radical (unpaired) electrons. The molecular formula is C16H22BrNO2. The lowest BCUT2D eigenvalue weighted by atomic mass is 10.0. The first-order valence-corrected chi connectivity index (χ1v) is 8.33. The zero-order chi connectivity index (χ0) is 13.8. The highest BCUT2D eigenvalue weighted by molar-refractivity contribution is 9.10. The van der Waals surface area contributed by atoms with Crippen molar-refractivity contribution >= 4 is 15.9 Å². The molecule has 20 heavy (non-hydrogen) atoms. The van der Waals surface area contributed by atoms with Crippen LogP contribution in [0.15, 0.2) is 22.7 Å². The minimum atomic E-state index is 0.636. The number of rotatable bonds is 6. The van der Waals surface area contributed by atoms with Gasteiger partial charge in [0.2, 0.25) is 0 Å². The summed E-state index contributed by atoms with van der Waals surface area (Å²) in [6.07, 6.45) is 4.86. The second-order valence-corrected chi connectivity index (χ2v) is 6.69. The standard InChI is InChI=1S/C16H22BrNO2/c17-14-1-4-16(13(9-14)10-18-15-2-3-15)20-11-12-5-7-19-8-6-12/h1,4,9,12,15,18H,2-3,5-8,10-11H2. The van der Waals surface area contributed by atoms with E-state index in [9.17, 15) is 0 Å². The van der Waals surface area contributed by atoms with Crippen LogP contribution in [0.3, 0.4) is 0 Å². The van der Waals surface area contributed by atoms with Gasteiger partial charge in [0.25, 0.3) is 0 Å². The summed E-state index contributed by atoms with van der Waals surface area (Å²) >= 11 is 3.55. The van der Waals surface area contributed by atoms with Crippen molar-refractivity contribution in [2.24, 2.45) is 5.92 Å². The van der Waals surface area contributed by atoms with Crippen molar-refractivity contribution in [3.8, 4) is 5.75 Å². The SMILES string of the molecule is Brc1ccc(OCC2CCOCC2)c(CNC2CC2)c1. The molecule has 2 fully saturated rings. The van der Waals surface area contributed by atoms with Gasteiger partial charge in [-0.25, -0.2) is 0 Å². The Bertz CT molecular complexity index is 442. The number of ether oxygens (including phenoxy) is 2. The van der Waals surface area contributed by atoms with E-state index < -0.39 is 0 Å². The van der Waals surface area contributed by atoms with Gasteiger partial charge in [-0.3, -0.25) is 0 Å². The number of hydrogen-bond donors (Lipinski definition) is 1. The van der Waals surface area contributed by atoms with Crippen molar-refractivity contribution in [2.75, 3.05) is 19.8 Å². The largest absolute Gasteiger partial charge is 0.493 e. The molecular weight excluding hydrogens is 318 g/mol. The fraction of sp³-hybridized carbons (Fsp3) is 0.625. The van der Waals surface area contributed by atoms with Crippen molar-refractivity contribution in [3.63, 3.8) is 0 Å². The van der Waals surface area contributed by atoms with Crippen molar-refractivity contribution in [2.45, 2.75) is 38.3 Å². The average molecular weight is 340 g/mol. The third-order valence-corrected chi connectivity index (χ3v) is 4.49. The second kappa shape index (κ2) is 6.92. The number of nitrogens with one attached hydrogen (secondary N) is 1. The molecule has 0 unspecified atom stereocenters. The lowest BCUT2D eigenvalue weighted by Gasteiger charge is -2.23. The molecule has 1 aromatic rings. The Morgan fingerprint density at radius 2 is 2.00 bits per heavy atom. The fourth-order valence-electron chi connectivity index (χ4n) is 2.49. The van der Waals surface area contributed by atoms with Gasteiger partial charge in [0, 0.05) is 35.8 Å². The van der Waals surface area contributed by atoms with Gasteiger partial charge >= 0.3 is 0 Å². The summed E-state index contributed by atoms with van der Waals surface area (Å²) in [7, 11) is 0. The second-order valence-electron chi connectivity index (χ2n) is 5.77. The Balaban J connectivity index is 1.58. The van der Waals surface area contributed by atoms with Crippen LogP contribution in [-0.4, -0.2) is 25.9 Å². The molecule has 0 amide bonds. The van der Waals surface area contributed by atoms with E-state index in [-0.39, 0.29) is 0 Å². The maximum Gasteiger partial charge on any atom is 0.123 e. The summed E-state index contributed by atoms with van der Waals surface area (Å²) in [6.45, 7) is 3.46. The number of hydrogen-bond acceptors (Lipinski definition) is 3. The molecule has 1 aliphatic carbocycles. The highest BCUT2D eigenvalue weighted by Gasteiger charge is 2.21. The molecule has 1 saturated carbocycles. The molecule has 1 N–H and O–H groups in total. The molecule has 4 heteroatoms. The summed E-state index contributed by atoms with van der Waals surface area (Å²) in [4.78, 5) is 0. The van der Waals surface area contributed by atoms with Crippen LogP contribution < -0.4 is 10.1 Å². The predicted molar refractivity (Wildman–Crippen MR) is 83.0 cm³/mol. The van der Waals surface area contributed by atoms with E-state index in [2.05, 4.69) is 39.4 Å². The van der Waals surface area contributed by atoms with E-state index in [4.69, 9.17) is 9.47 Å². The molecule has 0 spiro atoms. The van der Waals surface area contributed by atoms with Gasteiger partial charge in [-0.1, -0.05) is 15.9 Å². The maximum absolute atomic E-state index is 6.07. The molecule has 110 valence electrons. The molecule has 1 saturated heterocycles. The Morgan fingerprint density at radius 3 is 2.75 bits per heavy atom. The van der Waals surface area contributed by atoms with Crippen LogP contribution in [0.4, 0.5) is 0 Å². The fourth-order valence-corrected chi connectivity index (χ4v) is 2.90. The number of benzene rings is 1. The molecule has 0 bridgehead atoms. The smallest absolute Gasteiger partial charge is 0.123 e. The van der Waals surface area contributed by atoms with Crippen molar-refractivity contribution in [3.05, 3.63) is 28.2 Å². The highest BCUT2D eigenvalue weighted by Crippen LogP contribution is 2.26. The third-order valence-electron chi connectivity index (χ3n) is 4.00. The molecule has 1 aliphatic heterocycles. The molecule has 1 heterocycles. The average Bonchev–Trinajstić information content (AvgIpc) is 3.29. The predicted octanol–water partition coefficient (Wildman–Crippen LogP) is 3.51. The Kier molecular flexibility index (Phi) is 4.97. The lowest BCUT2D eigenvalue weighted by Crippen LogP contribution is -2.22. The summed E-state index contributed by atoms with van der Waals surface area (Å²) in [5.41, 5.74) is 1.25. The molecule has 2 aliphatic rings. The van der Waals surface area contributed by atoms with E-state index in [0.717, 1.165) is 55.5 Å². The summed E-state index contributed by atoms with van der Waals surface area (Å²) < 4.78 is 12.6. The first-order valence-electron chi connectivity index (χ1n) is 7.53. The van der Waals surface area contributed by atoms with E-state index in [0.29, 0.717) is 5.92 Å². The van der Waals surface area contributed by atoms with Crippen molar-refractivity contribution < 1.29 is 9.47 Å². The van der Waals surface area contributed by atoms with Gasteiger partial charge in [-0.2, -0.15) is 0 Å². The van der Waals surface area contributed by atoms with Crippen LogP contribution in [0.2, 0.25) is 0 Å². The Labute approximate surface area is 129 Å². The van der Waals surface area contributed by atoms with Gasteiger partial charge in [0.1, 0.15) is 5.75 Å². The van der Waals surface area contributed by atoms with Gasteiger partial charge in [-0.05, 0) is 49.8 Å². The van der Waals surface area contributed by atoms with E-state index >= 15 is 0 Å². The first kappa shape index (κ1) is 14.4. The highest BCUT2D eigenvalue weighted by atomic mass is 79.9. The van der Waals surface area contributed by atoms with E-state index in [1.165, 1.54) is 18.4 Å². The van der Waals surface area contributed by atoms with Gasteiger partial charge in [-0.15, -0.1) is 0 Å². The first-order chi connectivity index (χ1) is 9.81. The Morgan fingerprint density at radius 1 is 1.20 bits per heavy atom. The van der Waals surface area contributed by atoms with Crippen LogP contribution in [0, 0.1) is 5.92 Å². The molecule has 0 aromatic heterocycles. The van der Waals surface area contributed by atoms with Crippen LogP contribution >= 0.6 is 15.9 Å². The van der Waals surface area contributed by atoms with Crippen LogP contribution in [0.5, 0.6) is 5.75 Å². The Hall–Kier alpha value is -0.580. The van der Waals surface area contributed by atoms with Crippen LogP contribution in [-0.2, 0) is 11.3 Å². The van der Waals surface area contributed by atoms with Crippen LogP contribution in [0.25, 0.3) is 0 Å². The molecule has 3 nitrogen and oxygen atoms in total. The summed E-state index contributed by atoms with van der Waals surface area (Å²) in [5.74, 6) is 1.66. The monoisotopic (exact) mass is 339 g/mol. The van der Waals surface area contributed by atoms with Crippen molar-refractivity contribution in [1.29, 1.82) is 0 Å². The molecule has 1 aromatic carbocycles. The number of halogens is 1. The topological polar surface area (TPSA) is 30.5 Å². The van der Waals surface area contributed by atoms with E-state index in [1.807, 2.05) is 0 Å². The zero-order valence-electron chi connectivity index (χ0n) is 11.7. The maximum atomic E-state index is 6.07. The van der Waals surface area contributed by atoms with Crippen molar-refractivity contribution in [1.82, 2.24) is 5.32 Å². The lowest BCUT2D eigenvalue weighted by molar-refractivity contribution is 0.0496. The summed E-state index contributed by atoms with van der Waals surface area (Å²) in [6, 6.07) is 7.01. The molecule has 3 rings (SSSR count). The van der Waals surface area contributed by atoms with Crippen LogP contribution in [0.1, 0.15) is 31.2 Å². The molecule has 0 atom stereocenters. The summed E-state index contributed by atoms with van der Waals surface area (Å²) in [5, 5.41) is 3.56. The minimum absolute atomic E-state index is 0.636. The normalized spacial score (nSPS) is 20.1. The van der Waals surface area contributed by atoms with Gasteiger partial charge in [0.05, 0.1) is 6.61 Å².